The first-order valence-electron chi connectivity index (χ1n) is 13.2. The molecule has 2 fully saturated rings. The van der Waals surface area contributed by atoms with Gasteiger partial charge in [-0.25, -0.2) is 23.9 Å². The summed E-state index contributed by atoms with van der Waals surface area (Å²) >= 11 is 0. The molecule has 2 aromatic rings. The first kappa shape index (κ1) is 28.5. The van der Waals surface area contributed by atoms with E-state index in [2.05, 4.69) is 9.97 Å². The molecule has 0 aliphatic carbocycles. The number of morpholine rings is 1. The Hall–Kier alpha value is -3.51. The van der Waals surface area contributed by atoms with Crippen LogP contribution < -0.4 is 20.1 Å². The fourth-order valence-electron chi connectivity index (χ4n) is 4.44. The maximum absolute atomic E-state index is 14.8. The van der Waals surface area contributed by atoms with E-state index in [1.165, 1.54) is 12.4 Å². The Kier molecular flexibility index (Phi) is 9.52. The smallest absolute Gasteiger partial charge is 0.410 e. The zero-order valence-electron chi connectivity index (χ0n) is 22.6. The number of benzene rings is 1. The number of amides is 1. The van der Waals surface area contributed by atoms with Crippen molar-refractivity contribution in [1.82, 2.24) is 14.9 Å². The summed E-state index contributed by atoms with van der Waals surface area (Å²) in [5, 5.41) is 0. The molecular weight excluding hydrogens is 509 g/mol. The second-order valence-electron chi connectivity index (χ2n) is 9.95. The van der Waals surface area contributed by atoms with E-state index in [9.17, 15) is 14.0 Å². The summed E-state index contributed by atoms with van der Waals surface area (Å²) in [4.78, 5) is 36.8. The van der Waals surface area contributed by atoms with Crippen molar-refractivity contribution < 1.29 is 32.9 Å². The largest absolute Gasteiger partial charge is 0.474 e. The minimum Gasteiger partial charge on any atom is -0.474 e. The third-order valence-corrected chi connectivity index (χ3v) is 6.66. The van der Waals surface area contributed by atoms with Crippen LogP contribution in [0.5, 0.6) is 11.8 Å². The summed E-state index contributed by atoms with van der Waals surface area (Å²) in [6.45, 7) is 8.90. The number of likely N-dealkylation sites (tertiary alicyclic amines) is 1. The van der Waals surface area contributed by atoms with Gasteiger partial charge in [0.05, 0.1) is 24.9 Å². The van der Waals surface area contributed by atoms with E-state index in [0.29, 0.717) is 63.4 Å². The number of anilines is 1. The van der Waals surface area contributed by atoms with Gasteiger partial charge < -0.3 is 34.5 Å². The molecule has 0 radical (unpaired) electrons. The van der Waals surface area contributed by atoms with Gasteiger partial charge >= 0.3 is 12.1 Å². The van der Waals surface area contributed by atoms with Crippen LogP contribution in [0.4, 0.5) is 14.9 Å². The minimum absolute atomic E-state index is 0.0284. The highest BCUT2D eigenvalue weighted by atomic mass is 19.1. The van der Waals surface area contributed by atoms with Crippen molar-refractivity contribution in [2.24, 2.45) is 5.73 Å². The molecule has 1 amide bonds. The molecule has 1 aromatic carbocycles. The Labute approximate surface area is 227 Å². The van der Waals surface area contributed by atoms with Crippen LogP contribution in [0.1, 0.15) is 37.8 Å². The monoisotopic (exact) mass is 545 g/mol. The van der Waals surface area contributed by atoms with Crippen LogP contribution in [0.2, 0.25) is 0 Å². The Balaban J connectivity index is 1.31. The van der Waals surface area contributed by atoms with Crippen LogP contribution in [0.3, 0.4) is 0 Å². The standard InChI is InChI=1S/C27H36FN5O6/c1-17(2)37-27(35)33-8-6-21(7-9-33)38-24-18(3)25(31-16-30-24)39-26(34)23(29)14-19-4-5-20(15-22(19)28)32-10-12-36-13-11-32/h4-5,15-17,21,23H,6-14,29H2,1-3H3/t23-/m0/s1. The number of ether oxygens (including phenoxy) is 4. The number of aromatic nitrogens is 2. The van der Waals surface area contributed by atoms with Crippen LogP contribution in [0.15, 0.2) is 24.5 Å². The summed E-state index contributed by atoms with van der Waals surface area (Å²) in [5.74, 6) is -0.855. The molecular formula is C27H36FN5O6. The molecule has 1 aromatic heterocycles. The molecule has 212 valence electrons. The second kappa shape index (κ2) is 13.0. The number of halogens is 1. The van der Waals surface area contributed by atoms with Crippen molar-refractivity contribution in [3.63, 3.8) is 0 Å². The summed E-state index contributed by atoms with van der Waals surface area (Å²) < 4.78 is 36.9. The Morgan fingerprint density at radius 3 is 2.49 bits per heavy atom. The highest BCUT2D eigenvalue weighted by Crippen LogP contribution is 2.27. The van der Waals surface area contributed by atoms with Gasteiger partial charge in [-0.3, -0.25) is 0 Å². The van der Waals surface area contributed by atoms with E-state index in [0.717, 1.165) is 5.69 Å². The SMILES string of the molecule is Cc1c(OC(=O)[C@@H](N)Cc2ccc(N3CCOCC3)cc2F)ncnc1OC1CCN(C(=O)OC(C)C)CC1. The fourth-order valence-corrected chi connectivity index (χ4v) is 4.44. The van der Waals surface area contributed by atoms with Gasteiger partial charge in [0.15, 0.2) is 0 Å². The van der Waals surface area contributed by atoms with E-state index < -0.39 is 17.8 Å². The van der Waals surface area contributed by atoms with E-state index in [1.54, 1.807) is 17.9 Å². The van der Waals surface area contributed by atoms with Crippen LogP contribution in [-0.4, -0.2) is 84.6 Å². The predicted molar refractivity (Wildman–Crippen MR) is 140 cm³/mol. The van der Waals surface area contributed by atoms with E-state index in [1.807, 2.05) is 24.8 Å². The summed E-state index contributed by atoms with van der Waals surface area (Å²) in [5.41, 5.74) is 7.60. The van der Waals surface area contributed by atoms with E-state index >= 15 is 0 Å². The highest BCUT2D eigenvalue weighted by molar-refractivity contribution is 5.78. The minimum atomic E-state index is -1.10. The third-order valence-electron chi connectivity index (χ3n) is 6.66. The van der Waals surface area contributed by atoms with Crippen molar-refractivity contribution >= 4 is 17.7 Å². The summed E-state index contributed by atoms with van der Waals surface area (Å²) in [6, 6.07) is 3.82. The van der Waals surface area contributed by atoms with E-state index in [-0.39, 0.29) is 36.5 Å². The van der Waals surface area contributed by atoms with Crippen LogP contribution >= 0.6 is 0 Å². The predicted octanol–water partition coefficient (Wildman–Crippen LogP) is 2.62. The number of nitrogens with two attached hydrogens (primary N) is 1. The lowest BCUT2D eigenvalue weighted by molar-refractivity contribution is -0.136. The average molecular weight is 546 g/mol. The van der Waals surface area contributed by atoms with Crippen LogP contribution in [0, 0.1) is 12.7 Å². The molecule has 0 saturated carbocycles. The first-order chi connectivity index (χ1) is 18.7. The molecule has 2 aliphatic rings. The fraction of sp³-hybridized carbons (Fsp3) is 0.556. The molecule has 12 heteroatoms. The third kappa shape index (κ3) is 7.54. The van der Waals surface area contributed by atoms with Gasteiger partial charge in [0.25, 0.3) is 0 Å². The molecule has 2 saturated heterocycles. The quantitative estimate of drug-likeness (QED) is 0.494. The van der Waals surface area contributed by atoms with E-state index in [4.69, 9.17) is 24.7 Å². The Morgan fingerprint density at radius 1 is 1.13 bits per heavy atom. The number of piperidine rings is 1. The van der Waals surface area contributed by atoms with Gasteiger partial charge in [0, 0.05) is 51.1 Å². The number of hydrogen-bond donors (Lipinski definition) is 1. The zero-order chi connectivity index (χ0) is 27.9. The normalized spacial score (nSPS) is 17.2. The maximum Gasteiger partial charge on any atom is 0.410 e. The molecule has 2 aliphatic heterocycles. The average Bonchev–Trinajstić information content (AvgIpc) is 2.92. The molecule has 0 bridgehead atoms. The highest BCUT2D eigenvalue weighted by Gasteiger charge is 2.27. The summed E-state index contributed by atoms with van der Waals surface area (Å²) in [7, 11) is 0. The van der Waals surface area contributed by atoms with Crippen molar-refractivity contribution in [2.45, 2.75) is 58.3 Å². The number of hydrogen-bond acceptors (Lipinski definition) is 10. The number of rotatable bonds is 8. The van der Waals surface area contributed by atoms with Crippen molar-refractivity contribution in [1.29, 1.82) is 0 Å². The second-order valence-corrected chi connectivity index (χ2v) is 9.95. The summed E-state index contributed by atoms with van der Waals surface area (Å²) in [6.07, 6.45) is 1.74. The van der Waals surface area contributed by atoms with Gasteiger partial charge in [0.1, 0.15) is 24.3 Å². The van der Waals surface area contributed by atoms with Crippen LogP contribution in [-0.2, 0) is 20.7 Å². The Bertz CT molecular complexity index is 1150. The lowest BCUT2D eigenvalue weighted by atomic mass is 10.0. The van der Waals surface area contributed by atoms with Crippen LogP contribution in [0.25, 0.3) is 0 Å². The molecule has 1 atom stereocenters. The van der Waals surface area contributed by atoms with Gasteiger partial charge in [-0.1, -0.05) is 6.07 Å². The number of esters is 1. The molecule has 0 spiro atoms. The molecule has 2 N–H and O–H groups in total. The van der Waals surface area contributed by atoms with Gasteiger partial charge in [-0.05, 0) is 38.5 Å². The topological polar surface area (TPSA) is 129 Å². The molecule has 11 nitrogen and oxygen atoms in total. The van der Waals surface area contributed by atoms with Gasteiger partial charge in [-0.15, -0.1) is 0 Å². The molecule has 39 heavy (non-hydrogen) atoms. The number of nitrogens with zero attached hydrogens (tertiary/aromatic N) is 4. The van der Waals surface area contributed by atoms with Crippen molar-refractivity contribution in [3.8, 4) is 11.8 Å². The molecule has 0 unspecified atom stereocenters. The number of carbonyl (C=O) groups is 2. The lowest BCUT2D eigenvalue weighted by Gasteiger charge is -2.31. The van der Waals surface area contributed by atoms with Gasteiger partial charge in [-0.2, -0.15) is 0 Å². The maximum atomic E-state index is 14.8. The van der Waals surface area contributed by atoms with Gasteiger partial charge in [0.2, 0.25) is 11.8 Å². The molecule has 3 heterocycles. The molecule has 4 rings (SSSR count). The Morgan fingerprint density at radius 2 is 1.82 bits per heavy atom. The zero-order valence-corrected chi connectivity index (χ0v) is 22.6. The van der Waals surface area contributed by atoms with Crippen molar-refractivity contribution in [3.05, 3.63) is 41.5 Å². The number of carbonyl (C=O) groups excluding carboxylic acids is 2. The first-order valence-corrected chi connectivity index (χ1v) is 13.2. The lowest BCUT2D eigenvalue weighted by Crippen LogP contribution is -2.42. The van der Waals surface area contributed by atoms with Crippen molar-refractivity contribution in [2.75, 3.05) is 44.3 Å².